The lowest BCUT2D eigenvalue weighted by molar-refractivity contribution is -0.0541. The zero-order valence-electron chi connectivity index (χ0n) is 8.95. The third-order valence-corrected chi connectivity index (χ3v) is 2.39. The summed E-state index contributed by atoms with van der Waals surface area (Å²) in [6.07, 6.45) is 1.07. The Kier molecular flexibility index (Phi) is 6.10. The van der Waals surface area contributed by atoms with E-state index in [0.29, 0.717) is 0 Å². The van der Waals surface area contributed by atoms with E-state index < -0.39 is 0 Å². The summed E-state index contributed by atoms with van der Waals surface area (Å²) in [5, 5.41) is 8.94. The first kappa shape index (κ1) is 11.9. The fourth-order valence-corrected chi connectivity index (χ4v) is 1.63. The van der Waals surface area contributed by atoms with Crippen molar-refractivity contribution in [1.29, 1.82) is 0 Å². The Bertz CT molecular complexity index is 143. The van der Waals surface area contributed by atoms with Gasteiger partial charge in [0.05, 0.1) is 19.3 Å². The van der Waals surface area contributed by atoms with Crippen molar-refractivity contribution in [2.24, 2.45) is 0 Å². The average Bonchev–Trinajstić information content (AvgIpc) is 2.25. The summed E-state index contributed by atoms with van der Waals surface area (Å²) >= 11 is 0. The lowest BCUT2D eigenvalue weighted by Crippen LogP contribution is -2.44. The minimum atomic E-state index is 0.0100. The monoisotopic (exact) mass is 203 g/mol. The van der Waals surface area contributed by atoms with E-state index in [-0.39, 0.29) is 12.7 Å². The van der Waals surface area contributed by atoms with Crippen LogP contribution in [-0.2, 0) is 9.47 Å². The Morgan fingerprint density at radius 3 is 3.14 bits per heavy atom. The van der Waals surface area contributed by atoms with Gasteiger partial charge in [-0.25, -0.2) is 0 Å². The molecular formula is C10H21NO3. The van der Waals surface area contributed by atoms with Crippen molar-refractivity contribution in [3.05, 3.63) is 0 Å². The van der Waals surface area contributed by atoms with Crippen LogP contribution in [0.5, 0.6) is 0 Å². The van der Waals surface area contributed by atoms with Crippen molar-refractivity contribution >= 4 is 0 Å². The molecule has 1 N–H and O–H groups in total. The van der Waals surface area contributed by atoms with Crippen LogP contribution >= 0.6 is 0 Å². The topological polar surface area (TPSA) is 41.9 Å². The molecule has 1 aliphatic heterocycles. The molecule has 0 aliphatic carbocycles. The molecule has 1 rings (SSSR count). The molecule has 0 aromatic carbocycles. The largest absolute Gasteiger partial charge is 0.394 e. The van der Waals surface area contributed by atoms with Crippen molar-refractivity contribution in [2.75, 3.05) is 46.1 Å². The maximum absolute atomic E-state index is 8.94. The van der Waals surface area contributed by atoms with E-state index in [1.165, 1.54) is 0 Å². The van der Waals surface area contributed by atoms with Gasteiger partial charge in [-0.15, -0.1) is 0 Å². The van der Waals surface area contributed by atoms with E-state index in [2.05, 4.69) is 4.90 Å². The van der Waals surface area contributed by atoms with Gasteiger partial charge in [-0.3, -0.25) is 4.90 Å². The fraction of sp³-hybridized carbons (Fsp3) is 1.00. The highest BCUT2D eigenvalue weighted by atomic mass is 16.5. The van der Waals surface area contributed by atoms with Crippen LogP contribution in [0, 0.1) is 0 Å². The molecule has 1 unspecified atom stereocenters. The first-order valence-electron chi connectivity index (χ1n) is 5.39. The second-order valence-electron chi connectivity index (χ2n) is 3.53. The lowest BCUT2D eigenvalue weighted by Gasteiger charge is -2.31. The molecule has 1 heterocycles. The predicted octanol–water partition coefficient (Wildman–Crippen LogP) is 0.106. The number of aliphatic hydroxyl groups is 1. The summed E-state index contributed by atoms with van der Waals surface area (Å²) in [7, 11) is 0. The van der Waals surface area contributed by atoms with E-state index in [0.717, 1.165) is 45.9 Å². The van der Waals surface area contributed by atoms with Gasteiger partial charge in [0.15, 0.2) is 0 Å². The Hall–Kier alpha value is -0.160. The highest BCUT2D eigenvalue weighted by Crippen LogP contribution is 2.04. The number of ether oxygens (including phenoxy) is 2. The second-order valence-corrected chi connectivity index (χ2v) is 3.53. The predicted molar refractivity (Wildman–Crippen MR) is 54.4 cm³/mol. The molecule has 1 saturated heterocycles. The van der Waals surface area contributed by atoms with Crippen LogP contribution in [0.4, 0.5) is 0 Å². The van der Waals surface area contributed by atoms with Crippen molar-refractivity contribution in [3.63, 3.8) is 0 Å². The van der Waals surface area contributed by atoms with Gasteiger partial charge in [-0.05, 0) is 13.3 Å². The smallest absolute Gasteiger partial charge is 0.0932 e. The zero-order valence-corrected chi connectivity index (χ0v) is 8.95. The van der Waals surface area contributed by atoms with E-state index in [1.54, 1.807) is 0 Å². The molecule has 4 nitrogen and oxygen atoms in total. The van der Waals surface area contributed by atoms with Crippen LogP contribution in [0.1, 0.15) is 13.3 Å². The SMILES string of the molecule is CCOCCCN1CCOC(CO)C1. The summed E-state index contributed by atoms with van der Waals surface area (Å²) < 4.78 is 10.6. The molecule has 0 spiro atoms. The lowest BCUT2D eigenvalue weighted by atomic mass is 10.2. The molecule has 1 fully saturated rings. The first-order valence-corrected chi connectivity index (χ1v) is 5.39. The number of aliphatic hydroxyl groups excluding tert-OH is 1. The summed E-state index contributed by atoms with van der Waals surface area (Å²) in [5.74, 6) is 0. The van der Waals surface area contributed by atoms with Crippen molar-refractivity contribution < 1.29 is 14.6 Å². The van der Waals surface area contributed by atoms with Crippen LogP contribution in [0.2, 0.25) is 0 Å². The van der Waals surface area contributed by atoms with Crippen LogP contribution in [0.3, 0.4) is 0 Å². The molecule has 1 atom stereocenters. The molecular weight excluding hydrogens is 182 g/mol. The van der Waals surface area contributed by atoms with E-state index in [1.807, 2.05) is 6.92 Å². The number of hydrogen-bond donors (Lipinski definition) is 1. The molecule has 0 bridgehead atoms. The van der Waals surface area contributed by atoms with Crippen molar-refractivity contribution in [3.8, 4) is 0 Å². The van der Waals surface area contributed by atoms with Crippen molar-refractivity contribution in [2.45, 2.75) is 19.4 Å². The van der Waals surface area contributed by atoms with Gasteiger partial charge >= 0.3 is 0 Å². The molecule has 1 aliphatic rings. The number of morpholine rings is 1. The van der Waals surface area contributed by atoms with Gasteiger partial charge < -0.3 is 14.6 Å². The average molecular weight is 203 g/mol. The van der Waals surface area contributed by atoms with Crippen LogP contribution in [-0.4, -0.2) is 62.2 Å². The highest BCUT2D eigenvalue weighted by Gasteiger charge is 2.18. The highest BCUT2D eigenvalue weighted by molar-refractivity contribution is 4.70. The number of rotatable bonds is 6. The van der Waals surface area contributed by atoms with Crippen LogP contribution in [0.25, 0.3) is 0 Å². The maximum Gasteiger partial charge on any atom is 0.0932 e. The summed E-state index contributed by atoms with van der Waals surface area (Å²) in [4.78, 5) is 2.32. The molecule has 4 heteroatoms. The fourth-order valence-electron chi connectivity index (χ4n) is 1.63. The Morgan fingerprint density at radius 2 is 2.43 bits per heavy atom. The second kappa shape index (κ2) is 7.17. The van der Waals surface area contributed by atoms with Crippen LogP contribution in [0.15, 0.2) is 0 Å². The van der Waals surface area contributed by atoms with Gasteiger partial charge in [-0.1, -0.05) is 0 Å². The zero-order chi connectivity index (χ0) is 10.2. The van der Waals surface area contributed by atoms with Gasteiger partial charge in [0.2, 0.25) is 0 Å². The molecule has 0 saturated carbocycles. The van der Waals surface area contributed by atoms with E-state index in [4.69, 9.17) is 14.6 Å². The Morgan fingerprint density at radius 1 is 1.57 bits per heavy atom. The molecule has 0 radical (unpaired) electrons. The maximum atomic E-state index is 8.94. The third kappa shape index (κ3) is 4.37. The van der Waals surface area contributed by atoms with E-state index in [9.17, 15) is 0 Å². The molecule has 84 valence electrons. The van der Waals surface area contributed by atoms with Crippen molar-refractivity contribution in [1.82, 2.24) is 4.90 Å². The van der Waals surface area contributed by atoms with E-state index >= 15 is 0 Å². The molecule has 14 heavy (non-hydrogen) atoms. The number of hydrogen-bond acceptors (Lipinski definition) is 4. The van der Waals surface area contributed by atoms with Gasteiger partial charge in [0.25, 0.3) is 0 Å². The molecule has 0 aromatic heterocycles. The molecule has 0 aromatic rings. The minimum absolute atomic E-state index is 0.0100. The first-order chi connectivity index (χ1) is 6.86. The molecule has 0 amide bonds. The van der Waals surface area contributed by atoms with Gasteiger partial charge in [-0.2, -0.15) is 0 Å². The normalized spacial score (nSPS) is 24.0. The third-order valence-electron chi connectivity index (χ3n) is 2.39. The minimum Gasteiger partial charge on any atom is -0.394 e. The number of nitrogens with zero attached hydrogens (tertiary/aromatic N) is 1. The summed E-state index contributed by atoms with van der Waals surface area (Å²) in [6.45, 7) is 7.36. The summed E-state index contributed by atoms with van der Waals surface area (Å²) in [6, 6.07) is 0. The summed E-state index contributed by atoms with van der Waals surface area (Å²) in [5.41, 5.74) is 0. The Labute approximate surface area is 85.8 Å². The Balaban J connectivity index is 2.05. The quantitative estimate of drug-likeness (QED) is 0.622. The standard InChI is InChI=1S/C10H21NO3/c1-2-13-6-3-4-11-5-7-14-10(8-11)9-12/h10,12H,2-9H2,1H3. The van der Waals surface area contributed by atoms with Gasteiger partial charge in [0.1, 0.15) is 0 Å². The van der Waals surface area contributed by atoms with Gasteiger partial charge in [0, 0.05) is 32.8 Å². The van der Waals surface area contributed by atoms with Crippen LogP contribution < -0.4 is 0 Å².